The van der Waals surface area contributed by atoms with E-state index in [4.69, 9.17) is 0 Å². The van der Waals surface area contributed by atoms with Crippen molar-refractivity contribution in [1.82, 2.24) is 0 Å². The van der Waals surface area contributed by atoms with Gasteiger partial charge >= 0.3 is 0 Å². The quantitative estimate of drug-likeness (QED) is 0.0902. The molecular weight excluding hydrogens is 739 g/mol. The minimum Gasteiger partial charge on any atom is -0.310 e. The number of hydrogen-bond donors (Lipinski definition) is 0. The number of nitrogens with zero attached hydrogens (tertiary/aromatic N) is 3. The van der Waals surface area contributed by atoms with Crippen molar-refractivity contribution < 1.29 is 0 Å². The lowest BCUT2D eigenvalue weighted by molar-refractivity contribution is 1.13. The first kappa shape index (κ1) is 38.8. The fraction of sp³-hybridized carbons (Fsp3) is 0.0517. The molecule has 9 rings (SSSR count). The van der Waals surface area contributed by atoms with Crippen molar-refractivity contribution in [2.24, 2.45) is 0 Å². The van der Waals surface area contributed by atoms with Gasteiger partial charge in [-0.2, -0.15) is 0 Å². The van der Waals surface area contributed by atoms with Gasteiger partial charge < -0.3 is 14.7 Å². The maximum Gasteiger partial charge on any atom is 0.0639 e. The summed E-state index contributed by atoms with van der Waals surface area (Å²) in [4.78, 5) is 7.00. The molecule has 0 aliphatic rings. The highest BCUT2D eigenvalue weighted by Gasteiger charge is 2.30. The smallest absolute Gasteiger partial charge is 0.0639 e. The Morgan fingerprint density at radius 2 is 0.426 bits per heavy atom. The summed E-state index contributed by atoms with van der Waals surface area (Å²) in [6.07, 6.45) is 0. The van der Waals surface area contributed by atoms with Crippen LogP contribution in [0, 0.1) is 26.7 Å². The molecule has 0 amide bonds. The normalized spacial score (nSPS) is 10.9. The van der Waals surface area contributed by atoms with Crippen LogP contribution >= 0.6 is 0 Å². The minimum absolute atomic E-state index is 1.11. The third-order valence-electron chi connectivity index (χ3n) is 11.3. The predicted molar refractivity (Wildman–Crippen MR) is 258 cm³/mol. The molecule has 0 spiro atoms. The monoisotopic (exact) mass is 786 g/mol. The van der Waals surface area contributed by atoms with E-state index in [1.165, 1.54) is 39.3 Å². The van der Waals surface area contributed by atoms with Crippen molar-refractivity contribution >= 4 is 51.2 Å². The lowest BCUT2D eigenvalue weighted by atomic mass is 9.79. The van der Waals surface area contributed by atoms with E-state index in [2.05, 4.69) is 272 Å². The average Bonchev–Trinajstić information content (AvgIpc) is 3.31. The predicted octanol–water partition coefficient (Wildman–Crippen LogP) is 16.0. The highest BCUT2D eigenvalue weighted by molar-refractivity contribution is 5.81. The molecule has 9 aromatic carbocycles. The fourth-order valence-corrected chi connectivity index (χ4v) is 8.44. The van der Waals surface area contributed by atoms with Crippen molar-refractivity contribution in [3.63, 3.8) is 0 Å². The number of aryl methyl sites for hydroxylation is 3. The van der Waals surface area contributed by atoms with E-state index < -0.39 is 0 Å². The number of hydrogen-bond acceptors (Lipinski definition) is 3. The van der Waals surface area contributed by atoms with Crippen LogP contribution in [0.15, 0.2) is 237 Å². The van der Waals surface area contributed by atoms with Gasteiger partial charge in [-0.1, -0.05) is 109 Å². The van der Waals surface area contributed by atoms with Gasteiger partial charge in [-0.3, -0.25) is 0 Å². The van der Waals surface area contributed by atoms with E-state index in [9.17, 15) is 0 Å². The number of rotatable bonds is 12. The SMILES string of the molecule is Cc1cc(N(c2ccccc2)c2ccccc2)ccc1[C+](c1ccc(N(c2ccccc2)c2ccccc2)cc1C)c1ccc(N(c2ccccc2)c2ccccc2)cc1C. The molecule has 0 radical (unpaired) electrons. The molecule has 0 aliphatic heterocycles. The van der Waals surface area contributed by atoms with E-state index in [0.29, 0.717) is 0 Å². The molecule has 0 saturated carbocycles. The topological polar surface area (TPSA) is 9.72 Å². The Hall–Kier alpha value is -7.75. The van der Waals surface area contributed by atoms with Gasteiger partial charge in [0.1, 0.15) is 0 Å². The van der Waals surface area contributed by atoms with Crippen LogP contribution in [0.3, 0.4) is 0 Å². The first-order valence-corrected chi connectivity index (χ1v) is 20.9. The van der Waals surface area contributed by atoms with Crippen molar-refractivity contribution in [1.29, 1.82) is 0 Å². The Balaban J connectivity index is 1.19. The maximum absolute atomic E-state index is 2.34. The molecule has 0 N–H and O–H groups in total. The standard InChI is InChI=1S/C58H48N3/c1-43-40-52(59(46-22-10-4-11-23-46)47-24-12-5-13-25-47)34-37-55(43)58(56-38-35-53(41-44(56)2)60(48-26-14-6-15-27-48)49-28-16-7-17-29-49)57-39-36-54(42-45(57)3)61(50-30-18-8-19-31-50)51-32-20-9-21-33-51/h4-42H,1-3H3/q+1. The molecule has 9 aromatic rings. The van der Waals surface area contributed by atoms with Crippen molar-refractivity contribution in [2.75, 3.05) is 14.7 Å². The second-order valence-electron chi connectivity index (χ2n) is 15.4. The van der Waals surface area contributed by atoms with Crippen molar-refractivity contribution in [2.45, 2.75) is 20.8 Å². The molecule has 61 heavy (non-hydrogen) atoms. The van der Waals surface area contributed by atoms with Gasteiger partial charge in [-0.25, -0.2) is 0 Å². The molecule has 0 bridgehead atoms. The van der Waals surface area contributed by atoms with E-state index in [0.717, 1.165) is 51.2 Å². The van der Waals surface area contributed by atoms with Crippen LogP contribution < -0.4 is 14.7 Å². The lowest BCUT2D eigenvalue weighted by Crippen LogP contribution is -2.15. The molecule has 0 heterocycles. The lowest BCUT2D eigenvalue weighted by Gasteiger charge is -2.28. The Morgan fingerprint density at radius 1 is 0.230 bits per heavy atom. The summed E-state index contributed by atoms with van der Waals surface area (Å²) in [5.74, 6) is 1.21. The van der Waals surface area contributed by atoms with E-state index >= 15 is 0 Å². The summed E-state index contributed by atoms with van der Waals surface area (Å²) in [5, 5.41) is 0. The summed E-state index contributed by atoms with van der Waals surface area (Å²) < 4.78 is 0. The Morgan fingerprint density at radius 3 is 0.607 bits per heavy atom. The summed E-state index contributed by atoms with van der Waals surface area (Å²) in [7, 11) is 0. The van der Waals surface area contributed by atoms with Crippen LogP contribution in [0.5, 0.6) is 0 Å². The second kappa shape index (κ2) is 17.6. The average molecular weight is 787 g/mol. The van der Waals surface area contributed by atoms with Crippen molar-refractivity contribution in [3.05, 3.63) is 276 Å². The zero-order valence-corrected chi connectivity index (χ0v) is 34.9. The van der Waals surface area contributed by atoms with Gasteiger partial charge in [-0.05, 0) is 148 Å². The zero-order chi connectivity index (χ0) is 41.5. The highest BCUT2D eigenvalue weighted by Crippen LogP contribution is 2.44. The largest absolute Gasteiger partial charge is 0.310 e. The van der Waals surface area contributed by atoms with E-state index in [-0.39, 0.29) is 0 Å². The van der Waals surface area contributed by atoms with Crippen LogP contribution in [-0.2, 0) is 0 Å². The number of benzene rings is 9. The van der Waals surface area contributed by atoms with Gasteiger partial charge in [0.15, 0.2) is 0 Å². The minimum atomic E-state index is 1.11. The van der Waals surface area contributed by atoms with Gasteiger partial charge in [0.05, 0.1) is 39.7 Å². The number of para-hydroxylation sites is 6. The summed E-state index contributed by atoms with van der Waals surface area (Å²) in [6.45, 7) is 6.75. The Kier molecular flexibility index (Phi) is 11.2. The zero-order valence-electron chi connectivity index (χ0n) is 34.9. The van der Waals surface area contributed by atoms with Gasteiger partial charge in [0, 0.05) is 50.8 Å². The maximum atomic E-state index is 2.34. The molecular formula is C58H48N3+. The summed E-state index contributed by atoms with van der Waals surface area (Å²) >= 11 is 0. The first-order valence-electron chi connectivity index (χ1n) is 20.9. The van der Waals surface area contributed by atoms with Crippen LogP contribution in [0.4, 0.5) is 51.2 Å². The summed E-state index contributed by atoms with van der Waals surface area (Å²) in [6, 6.07) is 84.5. The molecule has 0 fully saturated rings. The van der Waals surface area contributed by atoms with Crippen LogP contribution in [0.2, 0.25) is 0 Å². The molecule has 3 heteroatoms. The van der Waals surface area contributed by atoms with Crippen molar-refractivity contribution in [3.8, 4) is 0 Å². The second-order valence-corrected chi connectivity index (χ2v) is 15.4. The third-order valence-corrected chi connectivity index (χ3v) is 11.3. The van der Waals surface area contributed by atoms with Gasteiger partial charge in [-0.15, -0.1) is 0 Å². The van der Waals surface area contributed by atoms with Gasteiger partial charge in [0.2, 0.25) is 0 Å². The summed E-state index contributed by atoms with van der Waals surface area (Å²) in [5.41, 5.74) is 17.2. The number of anilines is 9. The Bertz CT molecular complexity index is 2390. The molecule has 0 aliphatic carbocycles. The van der Waals surface area contributed by atoms with Gasteiger partial charge in [0.25, 0.3) is 0 Å². The molecule has 0 saturated heterocycles. The first-order chi connectivity index (χ1) is 30.0. The molecule has 3 nitrogen and oxygen atoms in total. The fourth-order valence-electron chi connectivity index (χ4n) is 8.44. The van der Waals surface area contributed by atoms with E-state index in [1.807, 2.05) is 0 Å². The van der Waals surface area contributed by atoms with Crippen LogP contribution in [0.1, 0.15) is 33.4 Å². The third kappa shape index (κ3) is 8.15. The molecule has 0 atom stereocenters. The molecule has 0 unspecified atom stereocenters. The molecule has 0 aromatic heterocycles. The highest BCUT2D eigenvalue weighted by atomic mass is 15.2. The van der Waals surface area contributed by atoms with E-state index in [1.54, 1.807) is 0 Å². The Labute approximate surface area is 361 Å². The van der Waals surface area contributed by atoms with Crippen LogP contribution in [-0.4, -0.2) is 0 Å². The van der Waals surface area contributed by atoms with Crippen LogP contribution in [0.25, 0.3) is 0 Å². The molecule has 294 valence electrons.